The molecule has 0 spiro atoms. The van der Waals surface area contributed by atoms with Crippen molar-refractivity contribution in [2.24, 2.45) is 0 Å². The Balaban J connectivity index is 1.91. The normalized spacial score (nSPS) is 17.0. The number of benzene rings is 1. The predicted molar refractivity (Wildman–Crippen MR) is 85.8 cm³/mol. The first-order valence-electron chi connectivity index (χ1n) is 6.73. The van der Waals surface area contributed by atoms with Crippen LogP contribution in [0, 0.1) is 0 Å². The third kappa shape index (κ3) is 4.05. The molecule has 1 aromatic rings. The highest BCUT2D eigenvalue weighted by atomic mass is 32.2. The van der Waals surface area contributed by atoms with Crippen molar-refractivity contribution in [3.05, 3.63) is 35.9 Å². The van der Waals surface area contributed by atoms with Crippen LogP contribution in [0.25, 0.3) is 0 Å². The maximum absolute atomic E-state index is 12.3. The van der Waals surface area contributed by atoms with Crippen LogP contribution in [-0.2, 0) is 0 Å². The summed E-state index contributed by atoms with van der Waals surface area (Å²) in [7, 11) is 0. The zero-order chi connectivity index (χ0) is 13.7. The van der Waals surface area contributed by atoms with Gasteiger partial charge < -0.3 is 4.90 Å². The molecule has 0 aliphatic carbocycles. The van der Waals surface area contributed by atoms with Crippen LogP contribution in [0.1, 0.15) is 36.5 Å². The minimum absolute atomic E-state index is 0.114. The van der Waals surface area contributed by atoms with Crippen LogP contribution in [0.3, 0.4) is 0 Å². The van der Waals surface area contributed by atoms with Gasteiger partial charge in [-0.2, -0.15) is 0 Å². The van der Waals surface area contributed by atoms with Gasteiger partial charge in [-0.1, -0.05) is 54.3 Å². The lowest BCUT2D eigenvalue weighted by atomic mass is 10.1. The number of carbonyl (C=O) groups is 1. The summed E-state index contributed by atoms with van der Waals surface area (Å²) in [4.78, 5) is 14.5. The number of nitrogens with zero attached hydrogens (tertiary/aromatic N) is 1. The van der Waals surface area contributed by atoms with Crippen molar-refractivity contribution < 1.29 is 4.79 Å². The van der Waals surface area contributed by atoms with Crippen molar-refractivity contribution in [3.8, 4) is 0 Å². The quantitative estimate of drug-likeness (QED) is 0.624. The molecular weight excluding hydrogens is 274 g/mol. The number of carbonyl (C=O) groups excluding carboxylic acids is 1. The molecule has 0 radical (unpaired) electrons. The zero-order valence-electron chi connectivity index (χ0n) is 11.2. The smallest absolute Gasteiger partial charge is 0.175 e. The number of rotatable bonds is 3. The largest absolute Gasteiger partial charge is 0.358 e. The second kappa shape index (κ2) is 7.06. The van der Waals surface area contributed by atoms with E-state index in [1.165, 1.54) is 31.0 Å². The Morgan fingerprint density at radius 3 is 2.47 bits per heavy atom. The summed E-state index contributed by atoms with van der Waals surface area (Å²) in [6.45, 7) is 4.02. The lowest BCUT2D eigenvalue weighted by Gasteiger charge is -2.29. The number of Topliss-reactive ketones (excluding diaryl/α,β-unsaturated/α-hetero) is 1. The fraction of sp³-hybridized carbons (Fsp3) is 0.467. The average molecular weight is 293 g/mol. The molecule has 1 saturated heterocycles. The molecule has 19 heavy (non-hydrogen) atoms. The summed E-state index contributed by atoms with van der Waals surface area (Å²) in [5.41, 5.74) is 0.768. The van der Waals surface area contributed by atoms with Gasteiger partial charge in [0.05, 0.1) is 5.25 Å². The van der Waals surface area contributed by atoms with Gasteiger partial charge in [-0.3, -0.25) is 4.79 Å². The lowest BCUT2D eigenvalue weighted by Crippen LogP contribution is -2.34. The Labute approximate surface area is 124 Å². The molecule has 4 heteroatoms. The summed E-state index contributed by atoms with van der Waals surface area (Å²) in [5, 5.41) is -0.114. The first-order valence-corrected chi connectivity index (χ1v) is 8.02. The van der Waals surface area contributed by atoms with E-state index in [0.29, 0.717) is 0 Å². The zero-order valence-corrected chi connectivity index (χ0v) is 12.8. The molecule has 2 rings (SSSR count). The number of hydrogen-bond donors (Lipinski definition) is 0. The number of thiocarbonyl (C=S) groups is 1. The van der Waals surface area contributed by atoms with Crippen molar-refractivity contribution in [2.45, 2.75) is 31.4 Å². The predicted octanol–water partition coefficient (Wildman–Crippen LogP) is 3.76. The molecule has 1 atom stereocenters. The molecule has 1 fully saturated rings. The molecule has 0 bridgehead atoms. The number of thioether (sulfide) groups is 1. The number of piperidine rings is 1. The fourth-order valence-electron chi connectivity index (χ4n) is 2.19. The van der Waals surface area contributed by atoms with E-state index in [-0.39, 0.29) is 11.0 Å². The van der Waals surface area contributed by atoms with Gasteiger partial charge in [0.2, 0.25) is 0 Å². The SMILES string of the molecule is CC(SC(=S)N1CCCCC1)C(=O)c1ccccc1. The highest BCUT2D eigenvalue weighted by Gasteiger charge is 2.21. The second-order valence-corrected chi connectivity index (χ2v) is 6.78. The van der Waals surface area contributed by atoms with E-state index in [0.717, 1.165) is 23.0 Å². The first kappa shape index (κ1) is 14.5. The van der Waals surface area contributed by atoms with Crippen molar-refractivity contribution in [1.29, 1.82) is 0 Å². The third-order valence-electron chi connectivity index (χ3n) is 3.32. The molecule has 0 amide bonds. The molecule has 1 heterocycles. The van der Waals surface area contributed by atoms with E-state index in [1.54, 1.807) is 0 Å². The number of hydrogen-bond acceptors (Lipinski definition) is 3. The second-order valence-electron chi connectivity index (χ2n) is 4.80. The summed E-state index contributed by atoms with van der Waals surface area (Å²) in [5.74, 6) is 0.157. The monoisotopic (exact) mass is 293 g/mol. The molecule has 1 aliphatic heterocycles. The minimum atomic E-state index is -0.114. The van der Waals surface area contributed by atoms with Gasteiger partial charge in [-0.25, -0.2) is 0 Å². The van der Waals surface area contributed by atoms with Crippen LogP contribution in [0.15, 0.2) is 30.3 Å². The molecule has 2 nitrogen and oxygen atoms in total. The Kier molecular flexibility index (Phi) is 5.40. The van der Waals surface area contributed by atoms with Crippen LogP contribution in [0.2, 0.25) is 0 Å². The van der Waals surface area contributed by atoms with Crippen molar-refractivity contribution >= 4 is 34.1 Å². The molecule has 0 aromatic heterocycles. The van der Waals surface area contributed by atoms with Gasteiger partial charge in [-0.05, 0) is 26.2 Å². The maximum Gasteiger partial charge on any atom is 0.175 e. The van der Waals surface area contributed by atoms with Gasteiger partial charge in [0.25, 0.3) is 0 Å². The van der Waals surface area contributed by atoms with Crippen molar-refractivity contribution in [1.82, 2.24) is 4.90 Å². The molecule has 0 saturated carbocycles. The van der Waals surface area contributed by atoms with Crippen LogP contribution in [0.4, 0.5) is 0 Å². The summed E-state index contributed by atoms with van der Waals surface area (Å²) in [6.07, 6.45) is 3.71. The molecule has 1 aliphatic rings. The van der Waals surface area contributed by atoms with Gasteiger partial charge in [0, 0.05) is 18.7 Å². The van der Waals surface area contributed by atoms with Gasteiger partial charge in [0.15, 0.2) is 5.78 Å². The van der Waals surface area contributed by atoms with Crippen LogP contribution >= 0.6 is 24.0 Å². The van der Waals surface area contributed by atoms with E-state index in [4.69, 9.17) is 12.2 Å². The maximum atomic E-state index is 12.3. The lowest BCUT2D eigenvalue weighted by molar-refractivity contribution is 0.0994. The Hall–Kier alpha value is -0.870. The summed E-state index contributed by atoms with van der Waals surface area (Å²) >= 11 is 6.97. The van der Waals surface area contributed by atoms with E-state index < -0.39 is 0 Å². The third-order valence-corrected chi connectivity index (χ3v) is 4.89. The highest BCUT2D eigenvalue weighted by molar-refractivity contribution is 8.23. The van der Waals surface area contributed by atoms with Crippen molar-refractivity contribution in [2.75, 3.05) is 13.1 Å². The summed E-state index contributed by atoms with van der Waals surface area (Å²) in [6, 6.07) is 9.45. The van der Waals surface area contributed by atoms with Gasteiger partial charge >= 0.3 is 0 Å². The topological polar surface area (TPSA) is 20.3 Å². The Morgan fingerprint density at radius 2 is 1.84 bits per heavy atom. The summed E-state index contributed by atoms with van der Waals surface area (Å²) < 4.78 is 0.872. The first-order chi connectivity index (χ1) is 9.18. The van der Waals surface area contributed by atoms with Crippen molar-refractivity contribution in [3.63, 3.8) is 0 Å². The van der Waals surface area contributed by atoms with E-state index in [1.807, 2.05) is 37.3 Å². The highest BCUT2D eigenvalue weighted by Crippen LogP contribution is 2.22. The molecule has 0 N–H and O–H groups in total. The molecule has 102 valence electrons. The van der Waals surface area contributed by atoms with Crippen LogP contribution in [-0.4, -0.2) is 33.3 Å². The Morgan fingerprint density at radius 1 is 1.21 bits per heavy atom. The number of likely N-dealkylation sites (tertiary alicyclic amines) is 1. The average Bonchev–Trinajstić information content (AvgIpc) is 2.48. The van der Waals surface area contributed by atoms with E-state index >= 15 is 0 Å². The van der Waals surface area contributed by atoms with E-state index in [2.05, 4.69) is 4.90 Å². The van der Waals surface area contributed by atoms with Crippen LogP contribution in [0.5, 0.6) is 0 Å². The number of ketones is 1. The molecule has 1 unspecified atom stereocenters. The molecular formula is C15H19NOS2. The van der Waals surface area contributed by atoms with Gasteiger partial charge in [-0.15, -0.1) is 0 Å². The molecule has 1 aromatic carbocycles. The minimum Gasteiger partial charge on any atom is -0.358 e. The van der Waals surface area contributed by atoms with E-state index in [9.17, 15) is 4.79 Å². The van der Waals surface area contributed by atoms with Crippen LogP contribution < -0.4 is 0 Å². The fourth-order valence-corrected chi connectivity index (χ4v) is 3.69. The Bertz CT molecular complexity index is 441. The standard InChI is InChI=1S/C15H19NOS2/c1-12(14(17)13-8-4-2-5-9-13)19-15(18)16-10-6-3-7-11-16/h2,4-5,8-9,12H,3,6-7,10-11H2,1H3. The van der Waals surface area contributed by atoms with Gasteiger partial charge in [0.1, 0.15) is 4.32 Å².